The molecule has 2 atom stereocenters. The first-order chi connectivity index (χ1) is 15.7. The lowest BCUT2D eigenvalue weighted by atomic mass is 9.86. The maximum atomic E-state index is 13.5. The Hall–Kier alpha value is -2.10. The number of benzene rings is 1. The van der Waals surface area contributed by atoms with Gasteiger partial charge in [0.2, 0.25) is 5.03 Å². The van der Waals surface area contributed by atoms with Gasteiger partial charge in [-0.1, -0.05) is 37.4 Å². The van der Waals surface area contributed by atoms with Crippen molar-refractivity contribution in [2.45, 2.75) is 50.6 Å². The van der Waals surface area contributed by atoms with Gasteiger partial charge in [0.05, 0.1) is 5.56 Å². The maximum Gasteiger partial charge on any atom is 0.263 e. The number of anilines is 1. The number of amides is 1. The molecule has 33 heavy (non-hydrogen) atoms. The van der Waals surface area contributed by atoms with Gasteiger partial charge < -0.3 is 10.2 Å². The maximum absolute atomic E-state index is 13.5. The molecule has 0 bridgehead atoms. The molecular formula is C23H32ClN5O3S. The fraction of sp³-hybridized carbons (Fsp3) is 0.565. The van der Waals surface area contributed by atoms with Crippen molar-refractivity contribution < 1.29 is 13.2 Å². The second-order valence-electron chi connectivity index (χ2n) is 9.19. The van der Waals surface area contributed by atoms with Crippen LogP contribution in [0, 0.1) is 12.8 Å². The third kappa shape index (κ3) is 5.05. The van der Waals surface area contributed by atoms with E-state index in [1.165, 1.54) is 21.6 Å². The third-order valence-corrected chi connectivity index (χ3v) is 8.87. The highest BCUT2D eigenvalue weighted by molar-refractivity contribution is 7.89. The Morgan fingerprint density at radius 2 is 1.85 bits per heavy atom. The molecule has 1 N–H and O–H groups in total. The minimum atomic E-state index is -3.91. The van der Waals surface area contributed by atoms with E-state index in [0.29, 0.717) is 37.1 Å². The van der Waals surface area contributed by atoms with Gasteiger partial charge in [-0.05, 0) is 43.4 Å². The molecule has 1 saturated heterocycles. The van der Waals surface area contributed by atoms with Gasteiger partial charge in [0, 0.05) is 56.2 Å². The van der Waals surface area contributed by atoms with Crippen molar-refractivity contribution in [3.05, 3.63) is 40.5 Å². The average Bonchev–Trinajstić information content (AvgIpc) is 3.20. The molecule has 10 heteroatoms. The molecule has 8 nitrogen and oxygen atoms in total. The quantitative estimate of drug-likeness (QED) is 0.691. The van der Waals surface area contributed by atoms with Crippen LogP contribution in [0.25, 0.3) is 0 Å². The van der Waals surface area contributed by atoms with E-state index in [2.05, 4.69) is 22.2 Å². The van der Waals surface area contributed by atoms with Crippen molar-refractivity contribution in [3.63, 3.8) is 0 Å². The SMILES string of the molecule is Cc1ccc(Cl)cc1N1CCN(S(=O)(=O)c2nn(C)cc2C(=O)N[C@H]2CCCC[C@@H]2C)CC1. The molecule has 0 spiro atoms. The molecule has 1 amide bonds. The lowest BCUT2D eigenvalue weighted by Gasteiger charge is -2.36. The zero-order chi connectivity index (χ0) is 23.8. The van der Waals surface area contributed by atoms with E-state index in [0.717, 1.165) is 30.5 Å². The molecule has 2 aliphatic rings. The van der Waals surface area contributed by atoms with Crippen LogP contribution >= 0.6 is 11.6 Å². The Kier molecular flexibility index (Phi) is 7.02. The van der Waals surface area contributed by atoms with Gasteiger partial charge in [0.15, 0.2) is 0 Å². The molecule has 0 unspecified atom stereocenters. The van der Waals surface area contributed by atoms with Crippen LogP contribution in [-0.2, 0) is 17.1 Å². The van der Waals surface area contributed by atoms with Crippen LogP contribution in [0.5, 0.6) is 0 Å². The van der Waals surface area contributed by atoms with E-state index in [1.54, 1.807) is 7.05 Å². The van der Waals surface area contributed by atoms with E-state index in [4.69, 9.17) is 11.6 Å². The average molecular weight is 494 g/mol. The number of hydrogen-bond acceptors (Lipinski definition) is 5. The van der Waals surface area contributed by atoms with E-state index in [-0.39, 0.29) is 22.5 Å². The van der Waals surface area contributed by atoms with Crippen LogP contribution in [0.4, 0.5) is 5.69 Å². The molecule has 2 fully saturated rings. The van der Waals surface area contributed by atoms with Gasteiger partial charge in [0.1, 0.15) is 0 Å². The molecule has 1 saturated carbocycles. The van der Waals surface area contributed by atoms with Crippen LogP contribution in [-0.4, -0.2) is 60.6 Å². The lowest BCUT2D eigenvalue weighted by molar-refractivity contribution is 0.0906. The third-order valence-electron chi connectivity index (χ3n) is 6.80. The highest BCUT2D eigenvalue weighted by Gasteiger charge is 2.35. The first-order valence-corrected chi connectivity index (χ1v) is 13.3. The van der Waals surface area contributed by atoms with Gasteiger partial charge in [-0.15, -0.1) is 0 Å². The number of hydrogen-bond donors (Lipinski definition) is 1. The number of nitrogens with zero attached hydrogens (tertiary/aromatic N) is 4. The van der Waals surface area contributed by atoms with Crippen LogP contribution in [0.15, 0.2) is 29.4 Å². The van der Waals surface area contributed by atoms with E-state index in [9.17, 15) is 13.2 Å². The largest absolute Gasteiger partial charge is 0.369 e. The van der Waals surface area contributed by atoms with Gasteiger partial charge in [-0.2, -0.15) is 9.40 Å². The van der Waals surface area contributed by atoms with Gasteiger partial charge >= 0.3 is 0 Å². The van der Waals surface area contributed by atoms with Crippen LogP contribution in [0.1, 0.15) is 48.5 Å². The van der Waals surface area contributed by atoms with Crippen LogP contribution < -0.4 is 10.2 Å². The van der Waals surface area contributed by atoms with E-state index in [1.807, 2.05) is 25.1 Å². The van der Waals surface area contributed by atoms with Crippen molar-refractivity contribution in [1.82, 2.24) is 19.4 Å². The molecule has 1 aromatic carbocycles. The summed E-state index contributed by atoms with van der Waals surface area (Å²) in [5.41, 5.74) is 2.22. The van der Waals surface area contributed by atoms with Crippen molar-refractivity contribution in [2.24, 2.45) is 13.0 Å². The molecule has 1 aliphatic heterocycles. The Bertz CT molecular complexity index is 1130. The zero-order valence-electron chi connectivity index (χ0n) is 19.4. The van der Waals surface area contributed by atoms with Crippen LogP contribution in [0.2, 0.25) is 5.02 Å². The second kappa shape index (κ2) is 9.64. The second-order valence-corrected chi connectivity index (χ2v) is 11.5. The van der Waals surface area contributed by atoms with Crippen molar-refractivity contribution in [3.8, 4) is 0 Å². The van der Waals surface area contributed by atoms with Crippen molar-refractivity contribution >= 4 is 33.2 Å². The lowest BCUT2D eigenvalue weighted by Crippen LogP contribution is -2.49. The number of carbonyl (C=O) groups is 1. The standard InChI is InChI=1S/C23H32ClN5O3S/c1-16-6-4-5-7-20(16)25-22(30)19-15-27(3)26-23(19)33(31,32)29-12-10-28(11-13-29)21-14-18(24)9-8-17(21)2/h8-9,14-16,20H,4-7,10-13H2,1-3H3,(H,25,30)/t16-,20-/m0/s1. The molecule has 1 aromatic heterocycles. The first kappa shape index (κ1) is 24.0. The topological polar surface area (TPSA) is 87.5 Å². The number of nitrogens with one attached hydrogen (secondary N) is 1. The zero-order valence-corrected chi connectivity index (χ0v) is 21.0. The number of sulfonamides is 1. The van der Waals surface area contributed by atoms with E-state index >= 15 is 0 Å². The minimum Gasteiger partial charge on any atom is -0.369 e. The Labute approximate surface area is 200 Å². The van der Waals surface area contributed by atoms with Crippen LogP contribution in [0.3, 0.4) is 0 Å². The van der Waals surface area contributed by atoms with E-state index < -0.39 is 10.0 Å². The monoisotopic (exact) mass is 493 g/mol. The number of piperazine rings is 1. The highest BCUT2D eigenvalue weighted by atomic mass is 35.5. The summed E-state index contributed by atoms with van der Waals surface area (Å²) in [4.78, 5) is 15.2. The van der Waals surface area contributed by atoms with Crippen molar-refractivity contribution in [1.29, 1.82) is 0 Å². The number of carbonyl (C=O) groups excluding carboxylic acids is 1. The number of rotatable bonds is 5. The summed E-state index contributed by atoms with van der Waals surface area (Å²) < 4.78 is 29.8. The smallest absolute Gasteiger partial charge is 0.263 e. The van der Waals surface area contributed by atoms with Crippen molar-refractivity contribution in [2.75, 3.05) is 31.1 Å². The van der Waals surface area contributed by atoms with Gasteiger partial charge in [-0.25, -0.2) is 8.42 Å². The Balaban J connectivity index is 1.50. The summed E-state index contributed by atoms with van der Waals surface area (Å²) in [6.07, 6.45) is 5.73. The molecule has 0 radical (unpaired) electrons. The summed E-state index contributed by atoms with van der Waals surface area (Å²) in [7, 11) is -2.27. The molecule has 2 aromatic rings. The molecule has 4 rings (SSSR count). The number of aryl methyl sites for hydroxylation is 2. The first-order valence-electron chi connectivity index (χ1n) is 11.5. The molecule has 1 aliphatic carbocycles. The normalized spacial score (nSPS) is 22.4. The molecule has 180 valence electrons. The Morgan fingerprint density at radius 3 is 2.55 bits per heavy atom. The summed E-state index contributed by atoms with van der Waals surface area (Å²) >= 11 is 6.16. The van der Waals surface area contributed by atoms with Gasteiger partial charge in [-0.3, -0.25) is 9.48 Å². The number of halogens is 1. The summed E-state index contributed by atoms with van der Waals surface area (Å²) in [5, 5.41) is 7.73. The predicted molar refractivity (Wildman–Crippen MR) is 129 cm³/mol. The van der Waals surface area contributed by atoms with Gasteiger partial charge in [0.25, 0.3) is 15.9 Å². The predicted octanol–water partition coefficient (Wildman–Crippen LogP) is 3.20. The summed E-state index contributed by atoms with van der Waals surface area (Å²) in [6, 6.07) is 5.79. The number of aromatic nitrogens is 2. The summed E-state index contributed by atoms with van der Waals surface area (Å²) in [6.45, 7) is 5.84. The Morgan fingerprint density at radius 1 is 1.15 bits per heavy atom. The highest BCUT2D eigenvalue weighted by Crippen LogP contribution is 2.28. The fourth-order valence-electron chi connectivity index (χ4n) is 4.81. The summed E-state index contributed by atoms with van der Waals surface area (Å²) in [5.74, 6) is 0.0102. The molecule has 2 heterocycles. The fourth-order valence-corrected chi connectivity index (χ4v) is 6.52. The molecular weight excluding hydrogens is 462 g/mol. The minimum absolute atomic E-state index is 0.0616.